The summed E-state index contributed by atoms with van der Waals surface area (Å²) in [5.41, 5.74) is 1.11. The molecular formula is C18H18F3N5O2S. The predicted molar refractivity (Wildman–Crippen MR) is 101 cm³/mol. The van der Waals surface area contributed by atoms with Crippen LogP contribution in [-0.4, -0.2) is 49.8 Å². The number of alkyl halides is 3. The molecule has 1 N–H and O–H groups in total. The number of piperidine rings is 1. The van der Waals surface area contributed by atoms with Crippen LogP contribution in [0.2, 0.25) is 0 Å². The van der Waals surface area contributed by atoms with Crippen LogP contribution in [0, 0.1) is 12.8 Å². The quantitative estimate of drug-likeness (QED) is 0.698. The number of H-pyrrole nitrogens is 1. The number of amides is 1. The second-order valence-corrected chi connectivity index (χ2v) is 8.05. The number of halogens is 3. The molecule has 4 heterocycles. The summed E-state index contributed by atoms with van der Waals surface area (Å²) in [5.74, 6) is -0.519. The van der Waals surface area contributed by atoms with Gasteiger partial charge in [-0.2, -0.15) is 18.3 Å². The Bertz CT molecular complexity index is 1110. The molecule has 154 valence electrons. The van der Waals surface area contributed by atoms with Gasteiger partial charge in [-0.25, -0.2) is 9.67 Å². The van der Waals surface area contributed by atoms with E-state index in [0.29, 0.717) is 34.3 Å². The van der Waals surface area contributed by atoms with Gasteiger partial charge in [0.2, 0.25) is 5.95 Å². The number of carbonyl (C=O) groups excluding carboxylic acids is 1. The van der Waals surface area contributed by atoms with Crippen molar-refractivity contribution in [1.82, 2.24) is 24.6 Å². The largest absolute Gasteiger partial charge is 0.389 e. The summed E-state index contributed by atoms with van der Waals surface area (Å²) in [6, 6.07) is 1.73. The first kappa shape index (κ1) is 19.6. The number of hydrogen-bond donors (Lipinski definition) is 1. The summed E-state index contributed by atoms with van der Waals surface area (Å²) in [6.07, 6.45) is -2.94. The second kappa shape index (κ2) is 7.29. The fourth-order valence-corrected chi connectivity index (χ4v) is 4.36. The Morgan fingerprint density at radius 3 is 2.76 bits per heavy atom. The maximum atomic E-state index is 12.9. The molecule has 0 aliphatic carbocycles. The number of nitrogens with zero attached hydrogens (tertiary/aromatic N) is 4. The van der Waals surface area contributed by atoms with Gasteiger partial charge in [0.1, 0.15) is 4.70 Å². The van der Waals surface area contributed by atoms with Gasteiger partial charge in [0, 0.05) is 19.5 Å². The first-order chi connectivity index (χ1) is 13.7. The van der Waals surface area contributed by atoms with Crippen molar-refractivity contribution < 1.29 is 18.0 Å². The van der Waals surface area contributed by atoms with Gasteiger partial charge in [-0.1, -0.05) is 0 Å². The molecule has 3 aromatic heterocycles. The van der Waals surface area contributed by atoms with E-state index in [0.717, 1.165) is 0 Å². The van der Waals surface area contributed by atoms with Gasteiger partial charge >= 0.3 is 6.18 Å². The Balaban J connectivity index is 1.52. The molecule has 11 heteroatoms. The van der Waals surface area contributed by atoms with E-state index in [1.54, 1.807) is 23.3 Å². The molecule has 0 bridgehead atoms. The zero-order chi connectivity index (χ0) is 20.8. The summed E-state index contributed by atoms with van der Waals surface area (Å²) in [6.45, 7) is 2.24. The number of aromatic nitrogens is 4. The van der Waals surface area contributed by atoms with Gasteiger partial charge < -0.3 is 4.90 Å². The number of carbonyl (C=O) groups is 1. The van der Waals surface area contributed by atoms with Crippen molar-refractivity contribution in [3.8, 4) is 5.95 Å². The third-order valence-electron chi connectivity index (χ3n) is 5.17. The van der Waals surface area contributed by atoms with Gasteiger partial charge in [0.05, 0.1) is 23.0 Å². The third-order valence-corrected chi connectivity index (χ3v) is 6.07. The molecule has 7 nitrogen and oxygen atoms in total. The maximum Gasteiger partial charge on any atom is 0.389 e. The topological polar surface area (TPSA) is 83.9 Å². The molecule has 1 amide bonds. The smallest absolute Gasteiger partial charge is 0.339 e. The highest BCUT2D eigenvalue weighted by Gasteiger charge is 2.34. The Labute approximate surface area is 167 Å². The fraction of sp³-hybridized carbons (Fsp3) is 0.444. The van der Waals surface area contributed by atoms with Crippen LogP contribution in [-0.2, 0) is 0 Å². The van der Waals surface area contributed by atoms with E-state index in [9.17, 15) is 22.8 Å². The van der Waals surface area contributed by atoms with Crippen LogP contribution >= 0.6 is 11.3 Å². The number of aromatic amines is 1. The van der Waals surface area contributed by atoms with Crippen LogP contribution in [0.5, 0.6) is 0 Å². The lowest BCUT2D eigenvalue weighted by atomic mass is 9.93. The normalized spacial score (nSPS) is 15.9. The Morgan fingerprint density at radius 1 is 1.34 bits per heavy atom. The molecule has 1 fully saturated rings. The molecule has 1 saturated heterocycles. The van der Waals surface area contributed by atoms with Crippen molar-refractivity contribution in [3.05, 3.63) is 39.3 Å². The van der Waals surface area contributed by atoms with E-state index < -0.39 is 18.5 Å². The molecular weight excluding hydrogens is 407 g/mol. The molecule has 1 aliphatic heterocycles. The lowest BCUT2D eigenvalue weighted by Gasteiger charge is -2.32. The zero-order valence-corrected chi connectivity index (χ0v) is 16.3. The average molecular weight is 425 g/mol. The minimum absolute atomic E-state index is 0.210. The van der Waals surface area contributed by atoms with Gasteiger partial charge in [-0.3, -0.25) is 14.6 Å². The number of thiophene rings is 1. The summed E-state index contributed by atoms with van der Waals surface area (Å²) in [4.78, 5) is 33.6. The second-order valence-electron chi connectivity index (χ2n) is 7.13. The van der Waals surface area contributed by atoms with Crippen molar-refractivity contribution in [1.29, 1.82) is 0 Å². The monoisotopic (exact) mass is 425 g/mol. The van der Waals surface area contributed by atoms with Crippen molar-refractivity contribution in [3.63, 3.8) is 0 Å². The zero-order valence-electron chi connectivity index (χ0n) is 15.5. The Kier molecular flexibility index (Phi) is 4.93. The maximum absolute atomic E-state index is 12.9. The Morgan fingerprint density at radius 2 is 2.07 bits per heavy atom. The van der Waals surface area contributed by atoms with E-state index in [1.165, 1.54) is 22.2 Å². The number of rotatable bonds is 3. The van der Waals surface area contributed by atoms with E-state index in [-0.39, 0.29) is 30.5 Å². The van der Waals surface area contributed by atoms with Crippen molar-refractivity contribution in [2.45, 2.75) is 32.4 Å². The van der Waals surface area contributed by atoms with Crippen molar-refractivity contribution >= 4 is 27.5 Å². The van der Waals surface area contributed by atoms with Gasteiger partial charge in [-0.05, 0) is 37.1 Å². The third kappa shape index (κ3) is 3.91. The van der Waals surface area contributed by atoms with Crippen molar-refractivity contribution in [2.24, 2.45) is 5.92 Å². The minimum Gasteiger partial charge on any atom is -0.339 e. The van der Waals surface area contributed by atoms with Crippen LogP contribution in [0.1, 0.15) is 35.3 Å². The van der Waals surface area contributed by atoms with Gasteiger partial charge in [-0.15, -0.1) is 11.3 Å². The van der Waals surface area contributed by atoms with E-state index >= 15 is 0 Å². The van der Waals surface area contributed by atoms with E-state index in [2.05, 4.69) is 15.1 Å². The minimum atomic E-state index is -4.18. The highest BCUT2D eigenvalue weighted by Crippen LogP contribution is 2.31. The predicted octanol–water partition coefficient (Wildman–Crippen LogP) is 3.28. The van der Waals surface area contributed by atoms with Crippen LogP contribution in [0.15, 0.2) is 22.4 Å². The average Bonchev–Trinajstić information content (AvgIpc) is 3.27. The lowest BCUT2D eigenvalue weighted by Crippen LogP contribution is -2.39. The van der Waals surface area contributed by atoms with Crippen LogP contribution in [0.4, 0.5) is 13.2 Å². The number of hydrogen-bond acceptors (Lipinski definition) is 5. The van der Waals surface area contributed by atoms with Crippen LogP contribution < -0.4 is 5.56 Å². The molecule has 0 saturated carbocycles. The summed E-state index contributed by atoms with van der Waals surface area (Å²) >= 11 is 1.29. The number of fused-ring (bicyclic) bond motifs is 1. The molecule has 0 aromatic carbocycles. The molecule has 0 radical (unpaired) electrons. The van der Waals surface area contributed by atoms with Crippen LogP contribution in [0.3, 0.4) is 0 Å². The first-order valence-electron chi connectivity index (χ1n) is 9.11. The Hall–Kier alpha value is -2.69. The fourth-order valence-electron chi connectivity index (χ4n) is 3.63. The summed E-state index contributed by atoms with van der Waals surface area (Å²) in [7, 11) is 0. The van der Waals surface area contributed by atoms with E-state index in [4.69, 9.17) is 0 Å². The van der Waals surface area contributed by atoms with Gasteiger partial charge in [0.15, 0.2) is 0 Å². The molecule has 4 rings (SSSR count). The molecule has 29 heavy (non-hydrogen) atoms. The molecule has 1 aliphatic rings. The molecule has 0 atom stereocenters. The highest BCUT2D eigenvalue weighted by atomic mass is 32.1. The highest BCUT2D eigenvalue weighted by molar-refractivity contribution is 7.17. The summed E-state index contributed by atoms with van der Waals surface area (Å²) in [5, 5.41) is 5.96. The van der Waals surface area contributed by atoms with Crippen molar-refractivity contribution in [2.75, 3.05) is 13.1 Å². The van der Waals surface area contributed by atoms with Crippen LogP contribution in [0.25, 0.3) is 16.2 Å². The van der Waals surface area contributed by atoms with E-state index in [1.807, 2.05) is 0 Å². The number of likely N-dealkylation sites (tertiary alicyclic amines) is 1. The number of nitrogens with one attached hydrogen (secondary N) is 1. The van der Waals surface area contributed by atoms with Gasteiger partial charge in [0.25, 0.3) is 11.5 Å². The SMILES string of the molecule is Cc1c(C(=O)N2CCC(CC(F)(F)F)CC2)cnn1-c1nc2ccsc2c(=O)[nH]1. The molecule has 0 spiro atoms. The first-order valence-corrected chi connectivity index (χ1v) is 9.99. The summed E-state index contributed by atoms with van der Waals surface area (Å²) < 4.78 is 39.6. The standard InChI is InChI=1S/C18H18F3N5O2S/c1-10-12(16(28)25-5-2-11(3-6-25)8-18(19,20)21)9-22-26(10)17-23-13-4-7-29-14(13)15(27)24-17/h4,7,9,11H,2-3,5-6,8H2,1H3,(H,23,24,27). The lowest BCUT2D eigenvalue weighted by molar-refractivity contribution is -0.147. The molecule has 3 aromatic rings. The molecule has 0 unspecified atom stereocenters.